The van der Waals surface area contributed by atoms with Crippen LogP contribution in [0.25, 0.3) is 32.3 Å². The zero-order valence-corrected chi connectivity index (χ0v) is 27.8. The fraction of sp³-hybridized carbons (Fsp3) is 0.0870. The Labute approximate surface area is 291 Å². The Morgan fingerprint density at radius 3 is 1.90 bits per heavy atom. The molecule has 0 saturated heterocycles. The van der Waals surface area contributed by atoms with Crippen molar-refractivity contribution in [2.75, 3.05) is 9.80 Å². The highest BCUT2D eigenvalue weighted by molar-refractivity contribution is 6.28. The van der Waals surface area contributed by atoms with Gasteiger partial charge < -0.3 is 9.80 Å². The van der Waals surface area contributed by atoms with E-state index in [4.69, 9.17) is 0 Å². The molecule has 0 saturated carbocycles. The van der Waals surface area contributed by atoms with Gasteiger partial charge in [-0.15, -0.1) is 0 Å². The fourth-order valence-electron chi connectivity index (χ4n) is 8.34. The predicted octanol–water partition coefficient (Wildman–Crippen LogP) is 12.0. The maximum atomic E-state index is 10.4. The average Bonchev–Trinajstić information content (AvgIpc) is 3.41. The molecular formula is C46H32N4. The summed E-state index contributed by atoms with van der Waals surface area (Å²) >= 11 is 0. The highest BCUT2D eigenvalue weighted by Crippen LogP contribution is 2.58. The van der Waals surface area contributed by atoms with Crippen LogP contribution in [0.15, 0.2) is 152 Å². The maximum absolute atomic E-state index is 10.4. The fourth-order valence-corrected chi connectivity index (χ4v) is 8.34. The molecule has 1 atom stereocenters. The van der Waals surface area contributed by atoms with E-state index in [9.17, 15) is 10.5 Å². The van der Waals surface area contributed by atoms with Crippen molar-refractivity contribution in [1.29, 1.82) is 10.5 Å². The van der Waals surface area contributed by atoms with E-state index < -0.39 is 0 Å². The van der Waals surface area contributed by atoms with E-state index in [1.54, 1.807) is 0 Å². The number of para-hydroxylation sites is 2. The first kappa shape index (κ1) is 29.5. The van der Waals surface area contributed by atoms with Gasteiger partial charge in [-0.25, -0.2) is 0 Å². The summed E-state index contributed by atoms with van der Waals surface area (Å²) in [6, 6.07) is 57.7. The first-order chi connectivity index (χ1) is 24.5. The van der Waals surface area contributed by atoms with Crippen molar-refractivity contribution < 1.29 is 0 Å². The van der Waals surface area contributed by atoms with Gasteiger partial charge in [0.1, 0.15) is 6.07 Å². The number of hydrogen-bond donors (Lipinski definition) is 0. The summed E-state index contributed by atoms with van der Waals surface area (Å²) in [5.41, 5.74) is 8.61. The molecule has 1 aliphatic heterocycles. The third-order valence-corrected chi connectivity index (χ3v) is 10.5. The summed E-state index contributed by atoms with van der Waals surface area (Å²) in [6.07, 6.45) is 0. The lowest BCUT2D eigenvalue weighted by Crippen LogP contribution is -2.31. The van der Waals surface area contributed by atoms with Gasteiger partial charge in [0.05, 0.1) is 34.6 Å². The quantitative estimate of drug-likeness (QED) is 0.176. The molecule has 0 amide bonds. The lowest BCUT2D eigenvalue weighted by Gasteiger charge is -2.36. The molecule has 0 aromatic heterocycles. The zero-order chi connectivity index (χ0) is 34.0. The Morgan fingerprint density at radius 1 is 0.580 bits per heavy atom. The Balaban J connectivity index is 1.33. The molecule has 4 nitrogen and oxygen atoms in total. The third-order valence-electron chi connectivity index (χ3n) is 10.5. The molecule has 1 unspecified atom stereocenters. The van der Waals surface area contributed by atoms with Gasteiger partial charge in [0.2, 0.25) is 0 Å². The van der Waals surface area contributed by atoms with Gasteiger partial charge in [-0.2, -0.15) is 10.5 Å². The maximum Gasteiger partial charge on any atom is 0.101 e. The first-order valence-corrected chi connectivity index (χ1v) is 16.9. The molecule has 50 heavy (non-hydrogen) atoms. The summed E-state index contributed by atoms with van der Waals surface area (Å²) in [5.74, 6) is 0. The van der Waals surface area contributed by atoms with Gasteiger partial charge in [-0.1, -0.05) is 111 Å². The first-order valence-electron chi connectivity index (χ1n) is 16.9. The minimum atomic E-state index is -0.266. The molecule has 1 heterocycles. The molecule has 0 aliphatic carbocycles. The van der Waals surface area contributed by atoms with Gasteiger partial charge in [-0.05, 0) is 87.3 Å². The lowest BCUT2D eigenvalue weighted by atomic mass is 9.77. The minimum absolute atomic E-state index is 0.0211. The number of nitrogens with zero attached hydrogens (tertiary/aromatic N) is 4. The van der Waals surface area contributed by atoms with Gasteiger partial charge in [0, 0.05) is 33.2 Å². The summed E-state index contributed by atoms with van der Waals surface area (Å²) in [6.45, 7) is 4.60. The molecule has 8 aromatic carbocycles. The second-order valence-electron chi connectivity index (χ2n) is 13.6. The Morgan fingerprint density at radius 2 is 1.20 bits per heavy atom. The van der Waals surface area contributed by atoms with Crippen LogP contribution < -0.4 is 9.80 Å². The van der Waals surface area contributed by atoms with Gasteiger partial charge in [-0.3, -0.25) is 0 Å². The van der Waals surface area contributed by atoms with E-state index in [1.165, 1.54) is 32.7 Å². The molecule has 8 aromatic rings. The zero-order valence-electron chi connectivity index (χ0n) is 27.8. The van der Waals surface area contributed by atoms with Crippen LogP contribution in [-0.2, 0) is 5.41 Å². The number of hydrogen-bond acceptors (Lipinski definition) is 4. The van der Waals surface area contributed by atoms with Crippen LogP contribution in [0.4, 0.5) is 28.4 Å². The molecule has 0 radical (unpaired) electrons. The van der Waals surface area contributed by atoms with Crippen molar-refractivity contribution in [3.05, 3.63) is 174 Å². The van der Waals surface area contributed by atoms with Gasteiger partial charge in [0.15, 0.2) is 0 Å². The Hall–Kier alpha value is -6.62. The summed E-state index contributed by atoms with van der Waals surface area (Å²) in [7, 11) is 0. The number of anilines is 5. The van der Waals surface area contributed by atoms with Crippen LogP contribution in [0.2, 0.25) is 0 Å². The Kier molecular flexibility index (Phi) is 6.63. The number of fused-ring (bicyclic) bond motifs is 1. The molecule has 4 heteroatoms. The van der Waals surface area contributed by atoms with Crippen molar-refractivity contribution in [2.24, 2.45) is 0 Å². The van der Waals surface area contributed by atoms with Crippen molar-refractivity contribution >= 4 is 60.8 Å². The summed E-state index contributed by atoms with van der Waals surface area (Å²) in [5, 5.41) is 27.0. The molecule has 1 aliphatic rings. The summed E-state index contributed by atoms with van der Waals surface area (Å²) in [4.78, 5) is 4.71. The second kappa shape index (κ2) is 11.2. The second-order valence-corrected chi connectivity index (χ2v) is 13.6. The largest absolute Gasteiger partial charge is 0.331 e. The van der Waals surface area contributed by atoms with Crippen LogP contribution in [0.5, 0.6) is 0 Å². The molecule has 0 N–H and O–H groups in total. The molecule has 0 spiro atoms. The molecular weight excluding hydrogens is 609 g/mol. The molecule has 9 rings (SSSR count). The molecule has 0 fully saturated rings. The third kappa shape index (κ3) is 4.29. The van der Waals surface area contributed by atoms with E-state index in [-0.39, 0.29) is 11.5 Å². The molecule has 0 bridgehead atoms. The number of nitriles is 2. The van der Waals surface area contributed by atoms with Crippen molar-refractivity contribution in [3.63, 3.8) is 0 Å². The van der Waals surface area contributed by atoms with E-state index in [0.717, 1.165) is 39.2 Å². The number of benzene rings is 8. The minimum Gasteiger partial charge on any atom is -0.331 e. The van der Waals surface area contributed by atoms with Crippen molar-refractivity contribution in [3.8, 4) is 12.1 Å². The summed E-state index contributed by atoms with van der Waals surface area (Å²) < 4.78 is 0. The lowest BCUT2D eigenvalue weighted by molar-refractivity contribution is 0.449. The monoisotopic (exact) mass is 640 g/mol. The van der Waals surface area contributed by atoms with Crippen molar-refractivity contribution in [1.82, 2.24) is 0 Å². The van der Waals surface area contributed by atoms with Crippen LogP contribution >= 0.6 is 0 Å². The van der Waals surface area contributed by atoms with E-state index in [1.807, 2.05) is 42.5 Å². The van der Waals surface area contributed by atoms with Crippen molar-refractivity contribution in [2.45, 2.75) is 25.3 Å². The smallest absolute Gasteiger partial charge is 0.101 e. The van der Waals surface area contributed by atoms with E-state index in [2.05, 4.69) is 145 Å². The van der Waals surface area contributed by atoms with Gasteiger partial charge >= 0.3 is 0 Å². The highest BCUT2D eigenvalue weighted by atomic mass is 15.2. The van der Waals surface area contributed by atoms with E-state index in [0.29, 0.717) is 11.1 Å². The predicted molar refractivity (Wildman–Crippen MR) is 205 cm³/mol. The SMILES string of the molecule is CC1(C)c2cccc(C#N)c2N(c2ccc3ccc4c(N(c5ccccc5)c5ccc(C#N)cc5)ccc5ccc2c3c54)C1c1ccccc1. The van der Waals surface area contributed by atoms with Gasteiger partial charge in [0.25, 0.3) is 0 Å². The number of rotatable bonds is 5. The highest BCUT2D eigenvalue weighted by Gasteiger charge is 2.47. The van der Waals surface area contributed by atoms with Crippen LogP contribution in [-0.4, -0.2) is 0 Å². The topological polar surface area (TPSA) is 54.1 Å². The average molecular weight is 641 g/mol. The van der Waals surface area contributed by atoms with Crippen LogP contribution in [0.3, 0.4) is 0 Å². The molecule has 236 valence electrons. The van der Waals surface area contributed by atoms with Crippen LogP contribution in [0.1, 0.15) is 42.1 Å². The normalized spacial score (nSPS) is 14.9. The van der Waals surface area contributed by atoms with E-state index >= 15 is 0 Å². The van der Waals surface area contributed by atoms with Crippen LogP contribution in [0, 0.1) is 22.7 Å². The Bertz CT molecular complexity index is 2650. The standard InChI is InChI=1S/C46H32N4/c1-46(2)39-15-9-12-34(29-48)44(39)50(45(46)33-10-5-3-6-11-33)41-27-21-32-18-24-37-40(26-20-31-19-25-38(41)43(32)42(31)37)49(35-13-7-4-8-14-35)36-22-16-30(28-47)17-23-36/h3-27,45H,1-2H3.